The quantitative estimate of drug-likeness (QED) is 0.847. The van der Waals surface area contributed by atoms with Gasteiger partial charge in [0.2, 0.25) is 0 Å². The van der Waals surface area contributed by atoms with E-state index in [2.05, 4.69) is 4.98 Å². The Morgan fingerprint density at radius 3 is 2.50 bits per heavy atom. The molecule has 94 valence electrons. The van der Waals surface area contributed by atoms with Gasteiger partial charge >= 0.3 is 0 Å². The van der Waals surface area contributed by atoms with Crippen molar-refractivity contribution in [3.63, 3.8) is 0 Å². The summed E-state index contributed by atoms with van der Waals surface area (Å²) >= 11 is 5.87. The van der Waals surface area contributed by atoms with Gasteiger partial charge in [-0.3, -0.25) is 4.79 Å². The molecule has 18 heavy (non-hydrogen) atoms. The summed E-state index contributed by atoms with van der Waals surface area (Å²) in [4.78, 5) is 14.8. The van der Waals surface area contributed by atoms with Crippen molar-refractivity contribution < 1.29 is 4.39 Å². The number of benzene rings is 1. The zero-order valence-corrected chi connectivity index (χ0v) is 10.7. The monoisotopic (exact) mass is 265 g/mol. The van der Waals surface area contributed by atoms with Gasteiger partial charge in [-0.1, -0.05) is 19.1 Å². The van der Waals surface area contributed by atoms with Crippen molar-refractivity contribution in [1.29, 1.82) is 0 Å². The van der Waals surface area contributed by atoms with Crippen molar-refractivity contribution in [3.05, 3.63) is 57.8 Å². The van der Waals surface area contributed by atoms with Gasteiger partial charge in [0.25, 0.3) is 5.56 Å². The lowest BCUT2D eigenvalue weighted by Crippen LogP contribution is -2.13. The van der Waals surface area contributed by atoms with E-state index in [1.54, 1.807) is 18.2 Å². The number of halogens is 2. The predicted molar refractivity (Wildman–Crippen MR) is 71.4 cm³/mol. The molecule has 4 heteroatoms. The van der Waals surface area contributed by atoms with Crippen LogP contribution >= 0.6 is 11.6 Å². The minimum atomic E-state index is -0.321. The molecule has 1 aromatic heterocycles. The summed E-state index contributed by atoms with van der Waals surface area (Å²) in [7, 11) is 0. The van der Waals surface area contributed by atoms with Gasteiger partial charge in [0.05, 0.1) is 0 Å². The summed E-state index contributed by atoms with van der Waals surface area (Å²) in [6.45, 7) is 1.96. The highest BCUT2D eigenvalue weighted by molar-refractivity contribution is 6.17. The van der Waals surface area contributed by atoms with E-state index < -0.39 is 0 Å². The van der Waals surface area contributed by atoms with Crippen LogP contribution in [0.15, 0.2) is 35.1 Å². The van der Waals surface area contributed by atoms with Gasteiger partial charge in [-0.25, -0.2) is 4.39 Å². The van der Waals surface area contributed by atoms with E-state index >= 15 is 0 Å². The Hall–Kier alpha value is -1.61. The van der Waals surface area contributed by atoms with Crippen LogP contribution in [0.2, 0.25) is 0 Å². The summed E-state index contributed by atoms with van der Waals surface area (Å²) < 4.78 is 12.9. The Morgan fingerprint density at radius 2 is 1.94 bits per heavy atom. The summed E-state index contributed by atoms with van der Waals surface area (Å²) in [6, 6.07) is 7.62. The first-order valence-corrected chi connectivity index (χ1v) is 6.26. The number of hydrogen-bond acceptors (Lipinski definition) is 1. The molecule has 0 bridgehead atoms. The van der Waals surface area contributed by atoms with Crippen LogP contribution in [0, 0.1) is 5.82 Å². The minimum absolute atomic E-state index is 0.174. The normalized spacial score (nSPS) is 10.6. The number of aromatic nitrogens is 1. The molecule has 0 aliphatic carbocycles. The van der Waals surface area contributed by atoms with Crippen LogP contribution < -0.4 is 5.56 Å². The minimum Gasteiger partial charge on any atom is -0.325 e. The molecule has 1 N–H and O–H groups in total. The highest BCUT2D eigenvalue weighted by atomic mass is 35.5. The second kappa shape index (κ2) is 5.36. The van der Waals surface area contributed by atoms with E-state index in [0.29, 0.717) is 17.0 Å². The van der Waals surface area contributed by atoms with E-state index in [9.17, 15) is 9.18 Å². The van der Waals surface area contributed by atoms with Crippen molar-refractivity contribution in [3.8, 4) is 11.1 Å². The molecule has 0 aliphatic heterocycles. The molecule has 0 saturated heterocycles. The summed E-state index contributed by atoms with van der Waals surface area (Å²) in [5.74, 6) is 0.0200. The lowest BCUT2D eigenvalue weighted by molar-refractivity contribution is 0.628. The first-order chi connectivity index (χ1) is 8.65. The number of H-pyrrole nitrogens is 1. The topological polar surface area (TPSA) is 32.9 Å². The maximum Gasteiger partial charge on any atom is 0.256 e. The number of aryl methyl sites for hydroxylation is 1. The highest BCUT2D eigenvalue weighted by Crippen LogP contribution is 2.19. The van der Waals surface area contributed by atoms with Crippen LogP contribution in [-0.4, -0.2) is 4.98 Å². The van der Waals surface area contributed by atoms with Crippen LogP contribution in [0.4, 0.5) is 4.39 Å². The SMILES string of the molecule is CCc1[nH]c(=O)c(-c2ccc(F)cc2)cc1CCl. The van der Waals surface area contributed by atoms with Crippen molar-refractivity contribution >= 4 is 11.6 Å². The number of hydrogen-bond donors (Lipinski definition) is 1. The second-order valence-electron chi connectivity index (χ2n) is 4.01. The average molecular weight is 266 g/mol. The standard InChI is InChI=1S/C14H13ClFNO/c1-2-13-10(8-15)7-12(14(18)17-13)9-3-5-11(16)6-4-9/h3-7H,2,8H2,1H3,(H,17,18). The van der Waals surface area contributed by atoms with Crippen molar-refractivity contribution in [2.24, 2.45) is 0 Å². The van der Waals surface area contributed by atoms with E-state index in [4.69, 9.17) is 11.6 Å². The third-order valence-corrected chi connectivity index (χ3v) is 3.16. The summed E-state index contributed by atoms with van der Waals surface area (Å²) in [6.07, 6.45) is 0.723. The molecule has 0 unspecified atom stereocenters. The molecule has 0 saturated carbocycles. The molecule has 0 amide bonds. The molecule has 1 aromatic carbocycles. The molecule has 2 aromatic rings. The molecule has 0 radical (unpaired) electrons. The molecular weight excluding hydrogens is 253 g/mol. The van der Waals surface area contributed by atoms with Crippen molar-refractivity contribution in [2.75, 3.05) is 0 Å². The number of aromatic amines is 1. The van der Waals surface area contributed by atoms with Gasteiger partial charge in [-0.15, -0.1) is 11.6 Å². The van der Waals surface area contributed by atoms with Gasteiger partial charge in [0.1, 0.15) is 5.82 Å². The number of alkyl halides is 1. The molecule has 2 rings (SSSR count). The smallest absolute Gasteiger partial charge is 0.256 e. The van der Waals surface area contributed by atoms with Crippen LogP contribution in [0.1, 0.15) is 18.2 Å². The molecule has 0 fully saturated rings. The lowest BCUT2D eigenvalue weighted by Gasteiger charge is -2.08. The predicted octanol–water partition coefficient (Wildman–Crippen LogP) is 3.48. The van der Waals surface area contributed by atoms with E-state index in [-0.39, 0.29) is 11.4 Å². The summed E-state index contributed by atoms with van der Waals surface area (Å²) in [5.41, 5.74) is 2.78. The molecule has 1 heterocycles. The first kappa shape index (κ1) is 12.8. The van der Waals surface area contributed by atoms with E-state index in [0.717, 1.165) is 17.7 Å². The van der Waals surface area contributed by atoms with Gasteiger partial charge in [-0.2, -0.15) is 0 Å². The largest absolute Gasteiger partial charge is 0.325 e. The van der Waals surface area contributed by atoms with Gasteiger partial charge in [0, 0.05) is 17.1 Å². The Morgan fingerprint density at radius 1 is 1.28 bits per heavy atom. The van der Waals surface area contributed by atoms with E-state index in [1.165, 1.54) is 12.1 Å². The van der Waals surface area contributed by atoms with Crippen LogP contribution in [0.5, 0.6) is 0 Å². The van der Waals surface area contributed by atoms with Gasteiger partial charge < -0.3 is 4.98 Å². The van der Waals surface area contributed by atoms with Crippen LogP contribution in [0.25, 0.3) is 11.1 Å². The average Bonchev–Trinajstić information content (AvgIpc) is 2.39. The Balaban J connectivity index is 2.57. The first-order valence-electron chi connectivity index (χ1n) is 5.72. The maximum atomic E-state index is 12.9. The van der Waals surface area contributed by atoms with Gasteiger partial charge in [0.15, 0.2) is 0 Å². The third-order valence-electron chi connectivity index (χ3n) is 2.87. The number of pyridine rings is 1. The van der Waals surface area contributed by atoms with Crippen molar-refractivity contribution in [2.45, 2.75) is 19.2 Å². The molecule has 0 aliphatic rings. The zero-order valence-electron chi connectivity index (χ0n) is 9.97. The van der Waals surface area contributed by atoms with Crippen molar-refractivity contribution in [1.82, 2.24) is 4.98 Å². The molecule has 0 spiro atoms. The summed E-state index contributed by atoms with van der Waals surface area (Å²) in [5, 5.41) is 0. The Labute approximate surface area is 109 Å². The maximum absolute atomic E-state index is 12.9. The van der Waals surface area contributed by atoms with Gasteiger partial charge in [-0.05, 0) is 35.7 Å². The molecule has 0 atom stereocenters. The zero-order chi connectivity index (χ0) is 13.1. The highest BCUT2D eigenvalue weighted by Gasteiger charge is 2.08. The molecular formula is C14H13ClFNO. The Bertz CT molecular complexity index is 604. The van der Waals surface area contributed by atoms with Crippen LogP contribution in [0.3, 0.4) is 0 Å². The molecule has 2 nitrogen and oxygen atoms in total. The fourth-order valence-corrected chi connectivity index (χ4v) is 2.13. The fourth-order valence-electron chi connectivity index (χ4n) is 1.89. The number of nitrogens with one attached hydrogen (secondary N) is 1. The second-order valence-corrected chi connectivity index (χ2v) is 4.28. The van der Waals surface area contributed by atoms with Crippen LogP contribution in [-0.2, 0) is 12.3 Å². The van der Waals surface area contributed by atoms with E-state index in [1.807, 2.05) is 6.92 Å². The fraction of sp³-hybridized carbons (Fsp3) is 0.214. The lowest BCUT2D eigenvalue weighted by atomic mass is 10.0. The Kier molecular flexibility index (Phi) is 3.82. The third kappa shape index (κ3) is 2.46. The number of rotatable bonds is 3.